The summed E-state index contributed by atoms with van der Waals surface area (Å²) in [6, 6.07) is 10.7. The molecule has 2 heterocycles. The summed E-state index contributed by atoms with van der Waals surface area (Å²) in [6.45, 7) is 10.7. The number of fused-ring (bicyclic) bond motifs is 1. The van der Waals surface area contributed by atoms with E-state index in [1.54, 1.807) is 11.3 Å². The number of nitrogens with zero attached hydrogens (tertiary/aromatic N) is 3. The van der Waals surface area contributed by atoms with E-state index >= 15 is 0 Å². The fraction of sp³-hybridized carbons (Fsp3) is 0.571. The van der Waals surface area contributed by atoms with Crippen molar-refractivity contribution < 1.29 is 5.11 Å². The first kappa shape index (κ1) is 21.0. The Morgan fingerprint density at radius 2 is 1.96 bits per heavy atom. The van der Waals surface area contributed by atoms with Crippen LogP contribution >= 0.6 is 11.3 Å². The molecular weight excluding hydrogens is 370 g/mol. The molecule has 0 aliphatic carbocycles. The molecule has 1 aliphatic rings. The number of piperazine rings is 1. The first-order chi connectivity index (χ1) is 13.6. The lowest BCUT2D eigenvalue weighted by Crippen LogP contribution is -2.49. The Labute approximate surface area is 172 Å². The molecule has 1 aromatic carbocycles. The first-order valence-corrected chi connectivity index (χ1v) is 11.0. The molecule has 3 rings (SSSR count). The predicted octanol–water partition coefficient (Wildman–Crippen LogP) is 2.13. The zero-order valence-corrected chi connectivity index (χ0v) is 18.0. The van der Waals surface area contributed by atoms with Crippen LogP contribution in [0.25, 0.3) is 10.1 Å². The number of nitrogens with one attached hydrogen (secondary N) is 2. The number of guanidine groups is 1. The smallest absolute Gasteiger partial charge is 0.191 e. The van der Waals surface area contributed by atoms with Crippen molar-refractivity contribution in [2.75, 3.05) is 52.9 Å². The highest BCUT2D eigenvalue weighted by Crippen LogP contribution is 2.29. The zero-order valence-electron chi connectivity index (χ0n) is 17.2. The minimum absolute atomic E-state index is 0.414. The minimum Gasteiger partial charge on any atom is -0.386 e. The van der Waals surface area contributed by atoms with Gasteiger partial charge in [-0.05, 0) is 38.4 Å². The topological polar surface area (TPSA) is 63.1 Å². The van der Waals surface area contributed by atoms with Crippen LogP contribution in [0.3, 0.4) is 0 Å². The third-order valence-electron chi connectivity index (χ3n) is 5.25. The number of aliphatic imine (C=N–C) groups is 1. The number of thiophene rings is 1. The summed E-state index contributed by atoms with van der Waals surface area (Å²) < 4.78 is 1.21. The van der Waals surface area contributed by atoms with E-state index in [2.05, 4.69) is 59.5 Å². The summed E-state index contributed by atoms with van der Waals surface area (Å²) in [7, 11) is 2.18. The van der Waals surface area contributed by atoms with Crippen LogP contribution in [0.5, 0.6) is 0 Å². The number of aliphatic hydroxyl groups excluding tert-OH is 1. The largest absolute Gasteiger partial charge is 0.386 e. The number of benzene rings is 1. The van der Waals surface area contributed by atoms with Gasteiger partial charge in [-0.2, -0.15) is 0 Å². The first-order valence-electron chi connectivity index (χ1n) is 10.2. The Kier molecular flexibility index (Phi) is 7.67. The Bertz CT molecular complexity index is 736. The lowest BCUT2D eigenvalue weighted by molar-refractivity contribution is 0.122. The van der Waals surface area contributed by atoms with E-state index in [0.717, 1.165) is 50.1 Å². The van der Waals surface area contributed by atoms with Crippen molar-refractivity contribution in [3.05, 3.63) is 35.2 Å². The number of aliphatic hydroxyl groups is 1. The number of likely N-dealkylation sites (N-methyl/N-ethyl adjacent to an activating group) is 1. The fourth-order valence-electron chi connectivity index (χ4n) is 3.40. The van der Waals surface area contributed by atoms with Crippen molar-refractivity contribution in [3.63, 3.8) is 0 Å². The van der Waals surface area contributed by atoms with Gasteiger partial charge in [0, 0.05) is 54.9 Å². The second-order valence-electron chi connectivity index (χ2n) is 7.49. The van der Waals surface area contributed by atoms with Crippen molar-refractivity contribution >= 4 is 27.4 Å². The number of hydrogen-bond acceptors (Lipinski definition) is 5. The Balaban J connectivity index is 1.53. The van der Waals surface area contributed by atoms with Crippen LogP contribution in [-0.2, 0) is 0 Å². The van der Waals surface area contributed by atoms with Gasteiger partial charge in [0.15, 0.2) is 5.96 Å². The van der Waals surface area contributed by atoms with E-state index in [1.165, 1.54) is 10.1 Å². The van der Waals surface area contributed by atoms with Crippen LogP contribution in [0.1, 0.15) is 24.8 Å². The highest BCUT2D eigenvalue weighted by Gasteiger charge is 2.19. The van der Waals surface area contributed by atoms with Gasteiger partial charge in [-0.25, -0.2) is 0 Å². The molecule has 28 heavy (non-hydrogen) atoms. The van der Waals surface area contributed by atoms with Gasteiger partial charge in [-0.15, -0.1) is 11.3 Å². The number of hydrogen-bond donors (Lipinski definition) is 3. The summed E-state index contributed by atoms with van der Waals surface area (Å²) in [6.07, 6.45) is -0.545. The molecule has 0 radical (unpaired) electrons. The Morgan fingerprint density at radius 3 is 2.68 bits per heavy atom. The van der Waals surface area contributed by atoms with E-state index in [1.807, 2.05) is 12.1 Å². The third-order valence-corrected chi connectivity index (χ3v) is 6.47. The average Bonchev–Trinajstić information content (AvgIpc) is 3.14. The van der Waals surface area contributed by atoms with Crippen molar-refractivity contribution in [3.8, 4) is 0 Å². The molecule has 2 unspecified atom stereocenters. The molecule has 1 saturated heterocycles. The molecule has 6 nitrogen and oxygen atoms in total. The van der Waals surface area contributed by atoms with Gasteiger partial charge >= 0.3 is 0 Å². The van der Waals surface area contributed by atoms with Gasteiger partial charge in [0.2, 0.25) is 0 Å². The standard InChI is InChI=1S/C21H33N5OS/c1-4-22-21(23-14-16(2)26-11-9-25(3)10-12-26)24-15-18(27)20-13-17-7-5-6-8-19(17)28-20/h5-8,13,16,18,27H,4,9-12,14-15H2,1-3H3,(H2,22,23,24). The van der Waals surface area contributed by atoms with Gasteiger partial charge in [0.1, 0.15) is 6.10 Å². The SMILES string of the molecule is CCNC(=NCC(C)N1CCN(C)CC1)NCC(O)c1cc2ccccc2s1. The maximum atomic E-state index is 10.6. The summed E-state index contributed by atoms with van der Waals surface area (Å²) in [5, 5.41) is 18.4. The maximum absolute atomic E-state index is 10.6. The highest BCUT2D eigenvalue weighted by molar-refractivity contribution is 7.19. The van der Waals surface area contributed by atoms with Crippen LogP contribution in [-0.4, -0.2) is 79.8 Å². The molecule has 0 saturated carbocycles. The van der Waals surface area contributed by atoms with E-state index in [-0.39, 0.29) is 0 Å². The summed E-state index contributed by atoms with van der Waals surface area (Å²) in [5.74, 6) is 0.767. The summed E-state index contributed by atoms with van der Waals surface area (Å²) >= 11 is 1.65. The third kappa shape index (κ3) is 5.67. The van der Waals surface area contributed by atoms with Gasteiger partial charge < -0.3 is 20.6 Å². The van der Waals surface area contributed by atoms with Crippen molar-refractivity contribution in [1.29, 1.82) is 0 Å². The normalized spacial score (nSPS) is 18.9. The maximum Gasteiger partial charge on any atom is 0.191 e. The van der Waals surface area contributed by atoms with Crippen LogP contribution in [0.15, 0.2) is 35.3 Å². The van der Waals surface area contributed by atoms with Crippen LogP contribution in [0, 0.1) is 0 Å². The lowest BCUT2D eigenvalue weighted by Gasteiger charge is -2.35. The summed E-state index contributed by atoms with van der Waals surface area (Å²) in [5.41, 5.74) is 0. The fourth-order valence-corrected chi connectivity index (χ4v) is 4.45. The van der Waals surface area contributed by atoms with Gasteiger partial charge in [-0.1, -0.05) is 18.2 Å². The van der Waals surface area contributed by atoms with E-state index in [4.69, 9.17) is 4.99 Å². The molecule has 2 atom stereocenters. The Morgan fingerprint density at radius 1 is 1.21 bits per heavy atom. The molecule has 2 aromatic rings. The van der Waals surface area contributed by atoms with Crippen LogP contribution in [0.4, 0.5) is 0 Å². The number of rotatable bonds is 7. The van der Waals surface area contributed by atoms with Crippen molar-refractivity contribution in [1.82, 2.24) is 20.4 Å². The van der Waals surface area contributed by atoms with Gasteiger partial charge in [-0.3, -0.25) is 9.89 Å². The van der Waals surface area contributed by atoms with Crippen molar-refractivity contribution in [2.24, 2.45) is 4.99 Å². The molecule has 7 heteroatoms. The van der Waals surface area contributed by atoms with Gasteiger partial charge in [0.25, 0.3) is 0 Å². The molecule has 0 spiro atoms. The van der Waals surface area contributed by atoms with Crippen molar-refractivity contribution in [2.45, 2.75) is 26.0 Å². The quantitative estimate of drug-likeness (QED) is 0.488. The zero-order chi connectivity index (χ0) is 19.9. The minimum atomic E-state index is -0.545. The second-order valence-corrected chi connectivity index (χ2v) is 8.61. The second kappa shape index (κ2) is 10.2. The Hall–Kier alpha value is -1.67. The monoisotopic (exact) mass is 403 g/mol. The molecule has 1 fully saturated rings. The highest BCUT2D eigenvalue weighted by atomic mass is 32.1. The van der Waals surface area contributed by atoms with Crippen LogP contribution in [0.2, 0.25) is 0 Å². The summed E-state index contributed by atoms with van der Waals surface area (Å²) in [4.78, 5) is 10.6. The molecule has 1 aliphatic heterocycles. The molecule has 3 N–H and O–H groups in total. The molecule has 0 bridgehead atoms. The van der Waals surface area contributed by atoms with E-state index < -0.39 is 6.10 Å². The van der Waals surface area contributed by atoms with Gasteiger partial charge in [0.05, 0.1) is 6.54 Å². The average molecular weight is 404 g/mol. The lowest BCUT2D eigenvalue weighted by atomic mass is 10.2. The molecule has 154 valence electrons. The predicted molar refractivity (Wildman–Crippen MR) is 119 cm³/mol. The van der Waals surface area contributed by atoms with E-state index in [0.29, 0.717) is 12.6 Å². The van der Waals surface area contributed by atoms with E-state index in [9.17, 15) is 5.11 Å². The molecular formula is C21H33N5OS. The van der Waals surface area contributed by atoms with Crippen LogP contribution < -0.4 is 10.6 Å². The molecule has 0 amide bonds. The molecule has 1 aromatic heterocycles.